The molecule has 0 amide bonds. The third-order valence-corrected chi connectivity index (χ3v) is 1.97. The number of alkyl halides is 3. The predicted octanol–water partition coefficient (Wildman–Crippen LogP) is 1.80. The molecule has 0 aliphatic heterocycles. The molecular formula is C9H10F4N2. The van der Waals surface area contributed by atoms with Gasteiger partial charge in [-0.3, -0.25) is 0 Å². The van der Waals surface area contributed by atoms with E-state index >= 15 is 0 Å². The monoisotopic (exact) mass is 222 g/mol. The third kappa shape index (κ3) is 2.66. The van der Waals surface area contributed by atoms with Crippen molar-refractivity contribution in [2.75, 3.05) is 6.54 Å². The highest BCUT2D eigenvalue weighted by molar-refractivity contribution is 5.33. The second-order valence-electron chi connectivity index (χ2n) is 3.07. The van der Waals surface area contributed by atoms with E-state index in [-0.39, 0.29) is 12.1 Å². The van der Waals surface area contributed by atoms with Crippen LogP contribution < -0.4 is 11.5 Å². The molecule has 0 aliphatic carbocycles. The van der Waals surface area contributed by atoms with E-state index in [1.807, 2.05) is 0 Å². The Balaban J connectivity index is 3.27. The summed E-state index contributed by atoms with van der Waals surface area (Å²) in [5, 5.41) is 0. The third-order valence-electron chi connectivity index (χ3n) is 1.97. The molecule has 0 saturated heterocycles. The topological polar surface area (TPSA) is 52.0 Å². The van der Waals surface area contributed by atoms with Crippen LogP contribution in [0.4, 0.5) is 17.6 Å². The van der Waals surface area contributed by atoms with Crippen LogP contribution in [-0.2, 0) is 6.18 Å². The Labute approximate surface area is 83.9 Å². The zero-order valence-electron chi connectivity index (χ0n) is 7.68. The fourth-order valence-corrected chi connectivity index (χ4v) is 1.23. The molecule has 0 heterocycles. The first-order valence-corrected chi connectivity index (χ1v) is 4.18. The van der Waals surface area contributed by atoms with E-state index in [9.17, 15) is 17.6 Å². The summed E-state index contributed by atoms with van der Waals surface area (Å²) in [6.45, 7) is -0.174. The van der Waals surface area contributed by atoms with Crippen molar-refractivity contribution in [1.82, 2.24) is 0 Å². The molecule has 0 unspecified atom stereocenters. The number of benzene rings is 1. The largest absolute Gasteiger partial charge is 0.416 e. The van der Waals surface area contributed by atoms with Crippen LogP contribution in [0.25, 0.3) is 0 Å². The number of hydrogen-bond acceptors (Lipinski definition) is 2. The van der Waals surface area contributed by atoms with Crippen LogP contribution in [0.3, 0.4) is 0 Å². The summed E-state index contributed by atoms with van der Waals surface area (Å²) in [4.78, 5) is 0. The molecule has 0 aromatic heterocycles. The molecule has 84 valence electrons. The predicted molar refractivity (Wildman–Crippen MR) is 47.4 cm³/mol. The normalized spacial score (nSPS) is 14.0. The summed E-state index contributed by atoms with van der Waals surface area (Å²) in [5.41, 5.74) is 9.26. The molecule has 1 atom stereocenters. The minimum atomic E-state index is -4.55. The van der Waals surface area contributed by atoms with Gasteiger partial charge in [-0.05, 0) is 23.8 Å². The van der Waals surface area contributed by atoms with Crippen molar-refractivity contribution in [3.8, 4) is 0 Å². The van der Waals surface area contributed by atoms with Crippen LogP contribution in [0, 0.1) is 5.82 Å². The van der Waals surface area contributed by atoms with Gasteiger partial charge in [-0.1, -0.05) is 0 Å². The van der Waals surface area contributed by atoms with E-state index < -0.39 is 23.6 Å². The average molecular weight is 222 g/mol. The minimum Gasteiger partial charge on any atom is -0.329 e. The van der Waals surface area contributed by atoms with Crippen molar-refractivity contribution in [2.24, 2.45) is 11.5 Å². The smallest absolute Gasteiger partial charge is 0.329 e. The average Bonchev–Trinajstić information content (AvgIpc) is 2.14. The highest BCUT2D eigenvalue weighted by Crippen LogP contribution is 2.34. The van der Waals surface area contributed by atoms with Gasteiger partial charge in [0.25, 0.3) is 0 Å². The van der Waals surface area contributed by atoms with Crippen molar-refractivity contribution in [2.45, 2.75) is 12.2 Å². The molecule has 0 bridgehead atoms. The number of hydrogen-bond donors (Lipinski definition) is 2. The van der Waals surface area contributed by atoms with Gasteiger partial charge in [-0.2, -0.15) is 13.2 Å². The Hall–Kier alpha value is -1.14. The van der Waals surface area contributed by atoms with E-state index in [0.717, 1.165) is 12.1 Å². The molecule has 2 nitrogen and oxygen atoms in total. The van der Waals surface area contributed by atoms with Crippen molar-refractivity contribution >= 4 is 0 Å². The zero-order valence-corrected chi connectivity index (χ0v) is 7.68. The van der Waals surface area contributed by atoms with Crippen LogP contribution in [0.2, 0.25) is 0 Å². The summed E-state index contributed by atoms with van der Waals surface area (Å²) in [5.74, 6) is -0.762. The molecular weight excluding hydrogens is 212 g/mol. The van der Waals surface area contributed by atoms with Gasteiger partial charge in [0.2, 0.25) is 0 Å². The highest BCUT2D eigenvalue weighted by atomic mass is 19.4. The summed E-state index contributed by atoms with van der Waals surface area (Å²) in [7, 11) is 0. The van der Waals surface area contributed by atoms with Crippen molar-refractivity contribution in [1.29, 1.82) is 0 Å². The molecule has 0 radical (unpaired) electrons. The minimum absolute atomic E-state index is 0.174. The first-order valence-electron chi connectivity index (χ1n) is 4.18. The van der Waals surface area contributed by atoms with E-state index in [0.29, 0.717) is 6.07 Å². The first kappa shape index (κ1) is 11.9. The highest BCUT2D eigenvalue weighted by Gasteiger charge is 2.34. The quantitative estimate of drug-likeness (QED) is 0.749. The number of rotatable bonds is 2. The molecule has 0 aliphatic rings. The van der Waals surface area contributed by atoms with Gasteiger partial charge in [0.1, 0.15) is 5.82 Å². The van der Waals surface area contributed by atoms with Gasteiger partial charge < -0.3 is 11.5 Å². The van der Waals surface area contributed by atoms with Crippen LogP contribution in [0.5, 0.6) is 0 Å². The van der Waals surface area contributed by atoms with Gasteiger partial charge in [-0.25, -0.2) is 4.39 Å². The lowest BCUT2D eigenvalue weighted by atomic mass is 10.0. The number of nitrogens with two attached hydrogens (primary N) is 2. The first-order chi connectivity index (χ1) is 6.86. The van der Waals surface area contributed by atoms with Crippen molar-refractivity contribution in [3.63, 3.8) is 0 Å². The SMILES string of the molecule is NC[C@@H](N)c1cc(F)ccc1C(F)(F)F. The van der Waals surface area contributed by atoms with E-state index in [1.54, 1.807) is 0 Å². The molecule has 1 rings (SSSR count). The number of halogens is 4. The van der Waals surface area contributed by atoms with Gasteiger partial charge in [0.05, 0.1) is 5.56 Å². The summed E-state index contributed by atoms with van der Waals surface area (Å²) >= 11 is 0. The summed E-state index contributed by atoms with van der Waals surface area (Å²) in [6.07, 6.45) is -4.55. The molecule has 1 aromatic carbocycles. The molecule has 6 heteroatoms. The van der Waals surface area contributed by atoms with Gasteiger partial charge in [0.15, 0.2) is 0 Å². The van der Waals surface area contributed by atoms with Crippen molar-refractivity contribution in [3.05, 3.63) is 35.1 Å². The van der Waals surface area contributed by atoms with Gasteiger partial charge in [-0.15, -0.1) is 0 Å². The van der Waals surface area contributed by atoms with Gasteiger partial charge >= 0.3 is 6.18 Å². The Kier molecular flexibility index (Phi) is 3.31. The van der Waals surface area contributed by atoms with E-state index in [2.05, 4.69) is 0 Å². The van der Waals surface area contributed by atoms with Crippen LogP contribution in [0.1, 0.15) is 17.2 Å². The maximum absolute atomic E-state index is 12.8. The molecule has 0 fully saturated rings. The molecule has 0 saturated carbocycles. The van der Waals surface area contributed by atoms with Crippen LogP contribution >= 0.6 is 0 Å². The van der Waals surface area contributed by atoms with Crippen LogP contribution in [-0.4, -0.2) is 6.54 Å². The fraction of sp³-hybridized carbons (Fsp3) is 0.333. The fourth-order valence-electron chi connectivity index (χ4n) is 1.23. The van der Waals surface area contributed by atoms with E-state index in [4.69, 9.17) is 11.5 Å². The standard InChI is InChI=1S/C9H10F4N2/c10-5-1-2-7(9(11,12)13)6(3-5)8(15)4-14/h1-3,8H,4,14-15H2/t8-/m1/s1. The Morgan fingerprint density at radius 3 is 2.33 bits per heavy atom. The molecule has 1 aromatic rings. The summed E-state index contributed by atoms with van der Waals surface area (Å²) in [6, 6.07) is 1.16. The molecule has 4 N–H and O–H groups in total. The van der Waals surface area contributed by atoms with Gasteiger partial charge in [0, 0.05) is 12.6 Å². The second kappa shape index (κ2) is 4.16. The lowest BCUT2D eigenvalue weighted by Gasteiger charge is -2.16. The van der Waals surface area contributed by atoms with Crippen molar-refractivity contribution < 1.29 is 17.6 Å². The molecule has 0 spiro atoms. The Bertz CT molecular complexity index is 348. The maximum atomic E-state index is 12.8. The van der Waals surface area contributed by atoms with Crippen LogP contribution in [0.15, 0.2) is 18.2 Å². The van der Waals surface area contributed by atoms with E-state index in [1.165, 1.54) is 0 Å². The lowest BCUT2D eigenvalue weighted by Crippen LogP contribution is -2.24. The zero-order chi connectivity index (χ0) is 11.6. The maximum Gasteiger partial charge on any atom is 0.416 e. The lowest BCUT2D eigenvalue weighted by molar-refractivity contribution is -0.138. The summed E-state index contributed by atoms with van der Waals surface area (Å²) < 4.78 is 50.1. The second-order valence-corrected chi connectivity index (χ2v) is 3.07. The Morgan fingerprint density at radius 1 is 1.27 bits per heavy atom. The Morgan fingerprint density at radius 2 is 1.87 bits per heavy atom. The molecule has 15 heavy (non-hydrogen) atoms.